The van der Waals surface area contributed by atoms with Crippen LogP contribution in [0.25, 0.3) is 11.0 Å². The maximum absolute atomic E-state index is 12.8. The van der Waals surface area contributed by atoms with Crippen molar-refractivity contribution in [3.05, 3.63) is 66.2 Å². The van der Waals surface area contributed by atoms with Crippen molar-refractivity contribution in [2.24, 2.45) is 5.41 Å². The Morgan fingerprint density at radius 3 is 2.54 bits per heavy atom. The summed E-state index contributed by atoms with van der Waals surface area (Å²) in [5.41, 5.74) is 3.50. The third kappa shape index (κ3) is 5.25. The number of hydrogen-bond donors (Lipinski definition) is 1. The van der Waals surface area contributed by atoms with E-state index in [1.54, 1.807) is 24.3 Å². The zero-order valence-corrected chi connectivity index (χ0v) is 16.9. The van der Waals surface area contributed by atoms with Crippen LogP contribution >= 0.6 is 0 Å². The maximum atomic E-state index is 12.8. The Hall–Kier alpha value is -3.02. The molecule has 0 radical (unpaired) electrons. The number of aromatic nitrogens is 3. The highest BCUT2D eigenvalue weighted by Crippen LogP contribution is 2.29. The summed E-state index contributed by atoms with van der Waals surface area (Å²) in [6.45, 7) is 6.88. The number of rotatable bonds is 5. The van der Waals surface area contributed by atoms with Crippen molar-refractivity contribution in [2.45, 2.75) is 39.8 Å². The van der Waals surface area contributed by atoms with Crippen LogP contribution in [0.4, 0.5) is 4.79 Å². The summed E-state index contributed by atoms with van der Waals surface area (Å²) in [5, 5.41) is 3.15. The van der Waals surface area contributed by atoms with Crippen molar-refractivity contribution in [2.75, 3.05) is 7.05 Å². The highest BCUT2D eigenvalue weighted by Gasteiger charge is 2.23. The Morgan fingerprint density at radius 2 is 1.86 bits per heavy atom. The van der Waals surface area contributed by atoms with Crippen LogP contribution in [-0.4, -0.2) is 32.9 Å². The van der Waals surface area contributed by atoms with Gasteiger partial charge in [0, 0.05) is 19.4 Å². The van der Waals surface area contributed by atoms with Gasteiger partial charge in [-0.1, -0.05) is 39.0 Å². The van der Waals surface area contributed by atoms with E-state index in [1.807, 2.05) is 42.6 Å². The lowest BCUT2D eigenvalue weighted by Crippen LogP contribution is -2.40. The molecule has 0 fully saturated rings. The molecule has 2 heterocycles. The Balaban J connectivity index is 1.71. The number of hydrogen-bond acceptors (Lipinski definition) is 4. The van der Waals surface area contributed by atoms with E-state index >= 15 is 0 Å². The molecule has 0 saturated heterocycles. The predicted molar refractivity (Wildman–Crippen MR) is 111 cm³/mol. The van der Waals surface area contributed by atoms with Crippen LogP contribution in [0.1, 0.15) is 44.5 Å². The summed E-state index contributed by atoms with van der Waals surface area (Å²) >= 11 is 0. The monoisotopic (exact) mass is 377 g/mol. The molecule has 1 unspecified atom stereocenters. The smallest absolute Gasteiger partial charge is 0.317 e. The zero-order valence-electron chi connectivity index (χ0n) is 16.9. The van der Waals surface area contributed by atoms with Gasteiger partial charge in [0.15, 0.2) is 0 Å². The fraction of sp³-hybridized carbons (Fsp3) is 0.364. The number of carbonyl (C=O) groups is 1. The van der Waals surface area contributed by atoms with Gasteiger partial charge in [0.05, 0.1) is 35.5 Å². The second kappa shape index (κ2) is 8.33. The molecule has 2 amide bonds. The van der Waals surface area contributed by atoms with Crippen LogP contribution in [-0.2, 0) is 6.54 Å². The van der Waals surface area contributed by atoms with E-state index in [1.165, 1.54) is 0 Å². The number of benzene rings is 1. The fourth-order valence-corrected chi connectivity index (χ4v) is 3.09. The first-order valence-electron chi connectivity index (χ1n) is 9.44. The van der Waals surface area contributed by atoms with Crippen molar-refractivity contribution in [1.29, 1.82) is 0 Å². The molecule has 2 aromatic heterocycles. The van der Waals surface area contributed by atoms with E-state index < -0.39 is 0 Å². The van der Waals surface area contributed by atoms with Gasteiger partial charge in [-0.2, -0.15) is 0 Å². The summed E-state index contributed by atoms with van der Waals surface area (Å²) in [6.07, 6.45) is 6.09. The van der Waals surface area contributed by atoms with Crippen LogP contribution in [0.2, 0.25) is 0 Å². The lowest BCUT2D eigenvalue weighted by Gasteiger charge is -2.29. The van der Waals surface area contributed by atoms with E-state index in [9.17, 15) is 4.79 Å². The van der Waals surface area contributed by atoms with Crippen LogP contribution in [0.3, 0.4) is 0 Å². The van der Waals surface area contributed by atoms with Gasteiger partial charge in [-0.05, 0) is 35.6 Å². The van der Waals surface area contributed by atoms with Crippen molar-refractivity contribution in [3.8, 4) is 0 Å². The van der Waals surface area contributed by atoms with E-state index in [-0.39, 0.29) is 17.5 Å². The van der Waals surface area contributed by atoms with Crippen LogP contribution in [0.5, 0.6) is 0 Å². The van der Waals surface area contributed by atoms with Crippen molar-refractivity contribution < 1.29 is 4.79 Å². The molecule has 1 aromatic carbocycles. The Kier molecular flexibility index (Phi) is 5.87. The molecule has 0 aliphatic heterocycles. The van der Waals surface area contributed by atoms with E-state index in [4.69, 9.17) is 0 Å². The maximum Gasteiger partial charge on any atom is 0.317 e. The quantitative estimate of drug-likeness (QED) is 0.718. The van der Waals surface area contributed by atoms with Crippen molar-refractivity contribution in [1.82, 2.24) is 25.2 Å². The minimum Gasteiger partial charge on any atom is -0.331 e. The fourth-order valence-electron chi connectivity index (χ4n) is 3.09. The SMILES string of the molecule is CN(Cc1cnc2ccccc2n1)C(=O)NC(CC(C)(C)C)c1cccnc1. The standard InChI is InChI=1S/C22H27N5O/c1-22(2,3)12-20(16-8-7-11-23-13-16)26-21(28)27(4)15-17-14-24-18-9-5-6-10-19(18)25-17/h5-11,13-14,20H,12,15H2,1-4H3,(H,26,28). The number of para-hydroxylation sites is 2. The molecular formula is C22H27N5O. The van der Waals surface area contributed by atoms with Crippen LogP contribution < -0.4 is 5.32 Å². The average Bonchev–Trinajstić information content (AvgIpc) is 2.67. The molecule has 0 aliphatic rings. The predicted octanol–water partition coefficient (Wildman–Crippen LogP) is 4.34. The van der Waals surface area contributed by atoms with Crippen LogP contribution in [0.15, 0.2) is 55.0 Å². The summed E-state index contributed by atoms with van der Waals surface area (Å²) in [4.78, 5) is 27.7. The number of amides is 2. The topological polar surface area (TPSA) is 71.0 Å². The zero-order chi connectivity index (χ0) is 20.1. The molecule has 0 bridgehead atoms. The van der Waals surface area contributed by atoms with Gasteiger partial charge in [-0.25, -0.2) is 9.78 Å². The second-order valence-corrected chi connectivity index (χ2v) is 8.26. The minimum atomic E-state index is -0.145. The minimum absolute atomic E-state index is 0.0657. The van der Waals surface area contributed by atoms with E-state index in [0.29, 0.717) is 6.54 Å². The Labute approximate surface area is 166 Å². The third-order valence-electron chi connectivity index (χ3n) is 4.45. The molecule has 6 heteroatoms. The lowest BCUT2D eigenvalue weighted by atomic mass is 9.86. The van der Waals surface area contributed by atoms with Gasteiger partial charge in [-0.3, -0.25) is 9.97 Å². The molecule has 6 nitrogen and oxygen atoms in total. The molecule has 3 rings (SSSR count). The van der Waals surface area contributed by atoms with Gasteiger partial charge in [0.25, 0.3) is 0 Å². The highest BCUT2D eigenvalue weighted by molar-refractivity contribution is 5.75. The molecule has 1 atom stereocenters. The van der Waals surface area contributed by atoms with Gasteiger partial charge >= 0.3 is 6.03 Å². The number of pyridine rings is 1. The van der Waals surface area contributed by atoms with Gasteiger partial charge < -0.3 is 10.2 Å². The number of fused-ring (bicyclic) bond motifs is 1. The summed E-state index contributed by atoms with van der Waals surface area (Å²) in [6, 6.07) is 11.4. The normalized spacial score (nSPS) is 12.6. The number of nitrogens with zero attached hydrogens (tertiary/aromatic N) is 4. The Bertz CT molecular complexity index is 936. The summed E-state index contributed by atoms with van der Waals surface area (Å²) in [5.74, 6) is 0. The van der Waals surface area contributed by atoms with Crippen molar-refractivity contribution >= 4 is 17.1 Å². The average molecular weight is 377 g/mol. The van der Waals surface area contributed by atoms with Gasteiger partial charge in [-0.15, -0.1) is 0 Å². The molecule has 3 aromatic rings. The third-order valence-corrected chi connectivity index (χ3v) is 4.45. The first-order chi connectivity index (χ1) is 13.3. The number of urea groups is 1. The molecule has 28 heavy (non-hydrogen) atoms. The first kappa shape index (κ1) is 19.7. The van der Waals surface area contributed by atoms with Crippen LogP contribution in [0, 0.1) is 5.41 Å². The second-order valence-electron chi connectivity index (χ2n) is 8.26. The molecule has 1 N–H and O–H groups in total. The molecule has 0 saturated carbocycles. The number of nitrogens with one attached hydrogen (secondary N) is 1. The molecule has 0 spiro atoms. The Morgan fingerprint density at radius 1 is 1.11 bits per heavy atom. The van der Waals surface area contributed by atoms with Crippen molar-refractivity contribution in [3.63, 3.8) is 0 Å². The van der Waals surface area contributed by atoms with Gasteiger partial charge in [0.2, 0.25) is 0 Å². The lowest BCUT2D eigenvalue weighted by molar-refractivity contribution is 0.196. The first-order valence-corrected chi connectivity index (χ1v) is 9.44. The molecular weight excluding hydrogens is 350 g/mol. The number of carbonyl (C=O) groups excluding carboxylic acids is 1. The largest absolute Gasteiger partial charge is 0.331 e. The highest BCUT2D eigenvalue weighted by atomic mass is 16.2. The van der Waals surface area contributed by atoms with Gasteiger partial charge in [0.1, 0.15) is 0 Å². The molecule has 146 valence electrons. The molecule has 0 aliphatic carbocycles. The van der Waals surface area contributed by atoms with E-state index in [2.05, 4.69) is 41.0 Å². The summed E-state index contributed by atoms with van der Waals surface area (Å²) < 4.78 is 0. The summed E-state index contributed by atoms with van der Waals surface area (Å²) in [7, 11) is 1.77. The van der Waals surface area contributed by atoms with E-state index in [0.717, 1.165) is 28.7 Å².